The average molecular weight is 400 g/mol. The molecule has 0 unspecified atom stereocenters. The molecule has 150 valence electrons. The smallest absolute Gasteiger partial charge is 0.334 e. The van der Waals surface area contributed by atoms with Crippen LogP contribution >= 0.6 is 0 Å². The van der Waals surface area contributed by atoms with Gasteiger partial charge in [0, 0.05) is 49.4 Å². The summed E-state index contributed by atoms with van der Waals surface area (Å²) in [6.45, 7) is 2.76. The zero-order chi connectivity index (χ0) is 20.8. The summed E-state index contributed by atoms with van der Waals surface area (Å²) in [6, 6.07) is 8.70. The van der Waals surface area contributed by atoms with Crippen molar-refractivity contribution < 1.29 is 18.0 Å². The van der Waals surface area contributed by atoms with Crippen LogP contribution in [0.1, 0.15) is 32.9 Å². The summed E-state index contributed by atoms with van der Waals surface area (Å²) in [7, 11) is 1.46. The number of benzene rings is 1. The highest BCUT2D eigenvalue weighted by atomic mass is 19.4. The molecular formula is C21H19F3N4O. The predicted octanol–water partition coefficient (Wildman–Crippen LogP) is 4.01. The van der Waals surface area contributed by atoms with E-state index in [1.54, 1.807) is 29.3 Å². The van der Waals surface area contributed by atoms with Crippen LogP contribution < -0.4 is 0 Å². The fourth-order valence-electron chi connectivity index (χ4n) is 3.80. The van der Waals surface area contributed by atoms with Crippen molar-refractivity contribution in [1.82, 2.24) is 19.7 Å². The van der Waals surface area contributed by atoms with E-state index in [-0.39, 0.29) is 11.5 Å². The van der Waals surface area contributed by atoms with Gasteiger partial charge in [0.15, 0.2) is 5.69 Å². The summed E-state index contributed by atoms with van der Waals surface area (Å²) < 4.78 is 41.5. The summed E-state index contributed by atoms with van der Waals surface area (Å²) in [5.74, 6) is -0.181. The Labute approximate surface area is 165 Å². The number of fused-ring (bicyclic) bond motifs is 1. The third-order valence-electron chi connectivity index (χ3n) is 5.05. The van der Waals surface area contributed by atoms with Crippen molar-refractivity contribution in [1.29, 1.82) is 0 Å². The number of nitrogens with zero attached hydrogens (tertiary/aromatic N) is 4. The van der Waals surface area contributed by atoms with E-state index in [1.807, 2.05) is 19.1 Å². The van der Waals surface area contributed by atoms with Gasteiger partial charge in [-0.05, 0) is 48.2 Å². The molecule has 0 aliphatic carbocycles. The van der Waals surface area contributed by atoms with Gasteiger partial charge < -0.3 is 4.90 Å². The number of aromatic nitrogens is 3. The fourth-order valence-corrected chi connectivity index (χ4v) is 3.80. The lowest BCUT2D eigenvalue weighted by atomic mass is 9.90. The molecule has 1 aliphatic rings. The van der Waals surface area contributed by atoms with Crippen molar-refractivity contribution in [2.45, 2.75) is 26.1 Å². The molecule has 4 rings (SSSR count). The third-order valence-corrected chi connectivity index (χ3v) is 5.05. The van der Waals surface area contributed by atoms with E-state index in [4.69, 9.17) is 0 Å². The Kier molecular flexibility index (Phi) is 4.64. The number of carbonyl (C=O) groups excluding carboxylic acids is 1. The molecule has 0 bridgehead atoms. The van der Waals surface area contributed by atoms with E-state index in [0.717, 1.165) is 15.9 Å². The second-order valence-corrected chi connectivity index (χ2v) is 7.18. The highest BCUT2D eigenvalue weighted by Crippen LogP contribution is 2.39. The molecule has 2 aromatic heterocycles. The first-order valence-electron chi connectivity index (χ1n) is 9.18. The van der Waals surface area contributed by atoms with Gasteiger partial charge in [-0.3, -0.25) is 14.5 Å². The molecule has 0 N–H and O–H groups in total. The molecular weight excluding hydrogens is 381 g/mol. The highest BCUT2D eigenvalue weighted by Gasteiger charge is 2.38. The maximum Gasteiger partial charge on any atom is 0.435 e. The normalized spacial score (nSPS) is 14.2. The van der Waals surface area contributed by atoms with Crippen molar-refractivity contribution in [3.8, 4) is 11.1 Å². The van der Waals surface area contributed by atoms with Crippen LogP contribution in [0.3, 0.4) is 0 Å². The highest BCUT2D eigenvalue weighted by molar-refractivity contribution is 5.99. The van der Waals surface area contributed by atoms with Gasteiger partial charge in [-0.1, -0.05) is 12.1 Å². The number of amides is 1. The molecule has 1 aliphatic heterocycles. The number of hydrogen-bond donors (Lipinski definition) is 0. The minimum absolute atomic E-state index is 0.00265. The van der Waals surface area contributed by atoms with Crippen LogP contribution in [0.5, 0.6) is 0 Å². The van der Waals surface area contributed by atoms with Crippen LogP contribution in [-0.2, 0) is 26.2 Å². The molecule has 0 atom stereocenters. The third kappa shape index (κ3) is 3.62. The number of alkyl halides is 3. The molecule has 1 aromatic carbocycles. The van der Waals surface area contributed by atoms with E-state index in [9.17, 15) is 18.0 Å². The summed E-state index contributed by atoms with van der Waals surface area (Å²) >= 11 is 0. The number of aryl methyl sites for hydroxylation is 2. The van der Waals surface area contributed by atoms with Gasteiger partial charge in [0.1, 0.15) is 0 Å². The lowest BCUT2D eigenvalue weighted by molar-refractivity contribution is -0.140. The predicted molar refractivity (Wildman–Crippen MR) is 101 cm³/mol. The van der Waals surface area contributed by atoms with E-state index in [0.29, 0.717) is 36.2 Å². The van der Waals surface area contributed by atoms with Crippen molar-refractivity contribution in [2.24, 2.45) is 7.05 Å². The Morgan fingerprint density at radius 3 is 2.62 bits per heavy atom. The molecule has 0 fully saturated rings. The van der Waals surface area contributed by atoms with Gasteiger partial charge in [-0.15, -0.1) is 0 Å². The van der Waals surface area contributed by atoms with Crippen molar-refractivity contribution in [3.05, 3.63) is 70.8 Å². The molecule has 5 nitrogen and oxygen atoms in total. The van der Waals surface area contributed by atoms with E-state index in [2.05, 4.69) is 10.1 Å². The molecule has 29 heavy (non-hydrogen) atoms. The van der Waals surface area contributed by atoms with E-state index < -0.39 is 11.9 Å². The molecule has 0 radical (unpaired) electrons. The average Bonchev–Trinajstić information content (AvgIpc) is 3.06. The summed E-state index contributed by atoms with van der Waals surface area (Å²) in [5.41, 5.74) is 2.40. The lowest BCUT2D eigenvalue weighted by Crippen LogP contribution is -2.37. The summed E-state index contributed by atoms with van der Waals surface area (Å²) in [4.78, 5) is 18.9. The van der Waals surface area contributed by atoms with Crippen LogP contribution in [0.25, 0.3) is 11.1 Å². The molecule has 0 spiro atoms. The number of hydrogen-bond acceptors (Lipinski definition) is 3. The van der Waals surface area contributed by atoms with Crippen LogP contribution in [-0.4, -0.2) is 32.1 Å². The first-order chi connectivity index (χ1) is 13.7. The standard InChI is InChI=1S/C21H19F3N4O/c1-13-10-14(6-8-25-13)11-28-9-7-16-15(4-3-5-17(16)20(28)29)18-12-27(2)26-19(18)21(22,23)24/h3-6,8,10,12H,7,9,11H2,1-2H3. The topological polar surface area (TPSA) is 51.0 Å². The molecule has 0 saturated heterocycles. The van der Waals surface area contributed by atoms with Gasteiger partial charge in [0.25, 0.3) is 5.91 Å². The van der Waals surface area contributed by atoms with Gasteiger partial charge in [0.2, 0.25) is 0 Å². The second kappa shape index (κ2) is 7.02. The molecule has 3 heterocycles. The first-order valence-corrected chi connectivity index (χ1v) is 9.18. The largest absolute Gasteiger partial charge is 0.435 e. The van der Waals surface area contributed by atoms with Gasteiger partial charge in [0.05, 0.1) is 0 Å². The second-order valence-electron chi connectivity index (χ2n) is 7.18. The lowest BCUT2D eigenvalue weighted by Gasteiger charge is -2.30. The Bertz CT molecular complexity index is 1090. The maximum absolute atomic E-state index is 13.4. The van der Waals surface area contributed by atoms with Gasteiger partial charge >= 0.3 is 6.18 Å². The SMILES string of the molecule is Cc1cc(CN2CCc3c(cccc3-c3cn(C)nc3C(F)(F)F)C2=O)ccn1. The van der Waals surface area contributed by atoms with Crippen LogP contribution in [0, 0.1) is 6.92 Å². The number of halogens is 3. The van der Waals surface area contributed by atoms with E-state index in [1.165, 1.54) is 13.2 Å². The van der Waals surface area contributed by atoms with E-state index >= 15 is 0 Å². The first kappa shape index (κ1) is 19.2. The maximum atomic E-state index is 13.4. The summed E-state index contributed by atoms with van der Waals surface area (Å²) in [5, 5.41) is 3.60. The van der Waals surface area contributed by atoms with Crippen molar-refractivity contribution in [2.75, 3.05) is 6.54 Å². The Morgan fingerprint density at radius 2 is 1.90 bits per heavy atom. The quantitative estimate of drug-likeness (QED) is 0.668. The Morgan fingerprint density at radius 1 is 1.14 bits per heavy atom. The zero-order valence-corrected chi connectivity index (χ0v) is 16.0. The molecule has 3 aromatic rings. The van der Waals surface area contributed by atoms with Crippen LogP contribution in [0.4, 0.5) is 13.2 Å². The molecule has 8 heteroatoms. The van der Waals surface area contributed by atoms with Crippen LogP contribution in [0.2, 0.25) is 0 Å². The molecule has 0 saturated carbocycles. The molecule has 1 amide bonds. The van der Waals surface area contributed by atoms with Crippen molar-refractivity contribution in [3.63, 3.8) is 0 Å². The Balaban J connectivity index is 1.71. The monoisotopic (exact) mass is 400 g/mol. The minimum Gasteiger partial charge on any atom is -0.334 e. The number of rotatable bonds is 3. The Hall–Kier alpha value is -3.16. The summed E-state index contributed by atoms with van der Waals surface area (Å²) in [6.07, 6.45) is -1.03. The van der Waals surface area contributed by atoms with Gasteiger partial charge in [-0.25, -0.2) is 0 Å². The van der Waals surface area contributed by atoms with Gasteiger partial charge in [-0.2, -0.15) is 18.3 Å². The fraction of sp³-hybridized carbons (Fsp3) is 0.286. The number of carbonyl (C=O) groups is 1. The zero-order valence-electron chi connectivity index (χ0n) is 16.0. The number of pyridine rings is 1. The van der Waals surface area contributed by atoms with Crippen LogP contribution in [0.15, 0.2) is 42.7 Å². The van der Waals surface area contributed by atoms with Crippen molar-refractivity contribution >= 4 is 5.91 Å². The minimum atomic E-state index is -4.57.